The number of hydrogen-bond acceptors (Lipinski definition) is 4. The Kier molecular flexibility index (Phi) is 5.51. The molecule has 2 aromatic carbocycles. The van der Waals surface area contributed by atoms with E-state index in [0.717, 1.165) is 26.7 Å². The Balaban J connectivity index is 1.96. The van der Waals surface area contributed by atoms with Crippen LogP contribution in [0.15, 0.2) is 51.8 Å². The average Bonchev–Trinajstić information content (AvgIpc) is 2.85. The Morgan fingerprint density at radius 3 is 2.60 bits per heavy atom. The number of benzene rings is 2. The lowest BCUT2D eigenvalue weighted by Crippen LogP contribution is -2.27. The number of thioether (sulfide) groups is 1. The van der Waals surface area contributed by atoms with Crippen molar-refractivity contribution in [1.82, 2.24) is 0 Å². The maximum atomic E-state index is 12.7. The molecule has 0 unspecified atom stereocenters. The number of hydrogen-bond donors (Lipinski definition) is 0. The molecule has 0 saturated carbocycles. The summed E-state index contributed by atoms with van der Waals surface area (Å²) >= 11 is 10.2. The van der Waals surface area contributed by atoms with Gasteiger partial charge >= 0.3 is 0 Å². The molecule has 0 N–H and O–H groups in total. The predicted octanol–water partition coefficient (Wildman–Crippen LogP) is 5.74. The highest BCUT2D eigenvalue weighted by molar-refractivity contribution is 9.10. The van der Waals surface area contributed by atoms with E-state index in [1.165, 1.54) is 0 Å². The SMILES string of the molecule is CCOc1ccc(Br)cc1C=C1SC(=O)N(c2ccc(Cl)cc2)C1=O. The van der Waals surface area contributed by atoms with Crippen molar-refractivity contribution in [2.24, 2.45) is 0 Å². The number of ether oxygens (including phenoxy) is 1. The van der Waals surface area contributed by atoms with Gasteiger partial charge in [-0.05, 0) is 67.2 Å². The summed E-state index contributed by atoms with van der Waals surface area (Å²) in [6.07, 6.45) is 1.68. The number of carbonyl (C=O) groups is 2. The third kappa shape index (κ3) is 3.92. The van der Waals surface area contributed by atoms with Crippen molar-refractivity contribution < 1.29 is 14.3 Å². The van der Waals surface area contributed by atoms with Gasteiger partial charge in [0.15, 0.2) is 0 Å². The molecule has 3 rings (SSSR count). The fourth-order valence-electron chi connectivity index (χ4n) is 2.34. The van der Waals surface area contributed by atoms with Gasteiger partial charge in [0.25, 0.3) is 11.1 Å². The monoisotopic (exact) mass is 437 g/mol. The molecule has 1 fully saturated rings. The van der Waals surface area contributed by atoms with E-state index >= 15 is 0 Å². The number of carbonyl (C=O) groups excluding carboxylic acids is 2. The van der Waals surface area contributed by atoms with E-state index < -0.39 is 0 Å². The second-order valence-corrected chi connectivity index (χ2v) is 7.45. The number of anilines is 1. The highest BCUT2D eigenvalue weighted by Crippen LogP contribution is 2.37. The van der Waals surface area contributed by atoms with Gasteiger partial charge in [-0.15, -0.1) is 0 Å². The zero-order valence-electron chi connectivity index (χ0n) is 13.2. The minimum Gasteiger partial charge on any atom is -0.493 e. The fraction of sp³-hybridized carbons (Fsp3) is 0.111. The van der Waals surface area contributed by atoms with Gasteiger partial charge in [0.1, 0.15) is 5.75 Å². The van der Waals surface area contributed by atoms with Crippen molar-refractivity contribution in [2.75, 3.05) is 11.5 Å². The predicted molar refractivity (Wildman–Crippen MR) is 105 cm³/mol. The summed E-state index contributed by atoms with van der Waals surface area (Å²) in [6.45, 7) is 2.40. The van der Waals surface area contributed by atoms with Gasteiger partial charge in [0.2, 0.25) is 0 Å². The van der Waals surface area contributed by atoms with E-state index in [9.17, 15) is 9.59 Å². The Hall–Kier alpha value is -1.76. The van der Waals surface area contributed by atoms with Gasteiger partial charge < -0.3 is 4.74 Å². The molecular weight excluding hydrogens is 426 g/mol. The summed E-state index contributed by atoms with van der Waals surface area (Å²) in [7, 11) is 0. The van der Waals surface area contributed by atoms with Crippen LogP contribution >= 0.6 is 39.3 Å². The van der Waals surface area contributed by atoms with Crippen molar-refractivity contribution >= 4 is 62.2 Å². The summed E-state index contributed by atoms with van der Waals surface area (Å²) in [5, 5.41) is 0.202. The smallest absolute Gasteiger partial charge is 0.298 e. The maximum absolute atomic E-state index is 12.7. The summed E-state index contributed by atoms with van der Waals surface area (Å²) in [5.41, 5.74) is 1.23. The standard InChI is InChI=1S/C18H13BrClNO3S/c1-2-24-15-8-3-12(19)9-11(15)10-16-17(22)21(18(23)25-16)14-6-4-13(20)5-7-14/h3-10H,2H2,1H3. The van der Waals surface area contributed by atoms with Gasteiger partial charge in [-0.2, -0.15) is 0 Å². The lowest BCUT2D eigenvalue weighted by Gasteiger charge is -2.12. The highest BCUT2D eigenvalue weighted by Gasteiger charge is 2.36. The first-order valence-electron chi connectivity index (χ1n) is 7.45. The summed E-state index contributed by atoms with van der Waals surface area (Å²) < 4.78 is 6.45. The minimum absolute atomic E-state index is 0.341. The number of rotatable bonds is 4. The van der Waals surface area contributed by atoms with Gasteiger partial charge in [-0.25, -0.2) is 4.90 Å². The van der Waals surface area contributed by atoms with Crippen LogP contribution in [0.3, 0.4) is 0 Å². The lowest BCUT2D eigenvalue weighted by molar-refractivity contribution is -0.113. The van der Waals surface area contributed by atoms with E-state index in [0.29, 0.717) is 28.0 Å². The van der Waals surface area contributed by atoms with Crippen LogP contribution in [0.2, 0.25) is 5.02 Å². The van der Waals surface area contributed by atoms with Gasteiger partial charge in [-0.3, -0.25) is 9.59 Å². The second-order valence-electron chi connectivity index (χ2n) is 5.11. The molecule has 1 heterocycles. The number of nitrogens with zero attached hydrogens (tertiary/aromatic N) is 1. The number of amides is 2. The molecule has 4 nitrogen and oxygen atoms in total. The molecule has 25 heavy (non-hydrogen) atoms. The third-order valence-corrected chi connectivity index (χ3v) is 5.05. The van der Waals surface area contributed by atoms with E-state index in [1.54, 1.807) is 30.3 Å². The lowest BCUT2D eigenvalue weighted by atomic mass is 10.2. The first kappa shape index (κ1) is 18.0. The van der Waals surface area contributed by atoms with E-state index in [4.69, 9.17) is 16.3 Å². The number of imide groups is 1. The second kappa shape index (κ2) is 7.64. The molecule has 0 aromatic heterocycles. The summed E-state index contributed by atoms with van der Waals surface area (Å²) in [6, 6.07) is 12.1. The van der Waals surface area contributed by atoms with E-state index in [1.807, 2.05) is 25.1 Å². The van der Waals surface area contributed by atoms with Crippen LogP contribution in [0.1, 0.15) is 12.5 Å². The largest absolute Gasteiger partial charge is 0.493 e. The molecular formula is C18H13BrClNO3S. The van der Waals surface area contributed by atoms with Gasteiger partial charge in [0, 0.05) is 15.1 Å². The molecule has 2 aromatic rings. The summed E-state index contributed by atoms with van der Waals surface area (Å²) in [5.74, 6) is 0.295. The van der Waals surface area contributed by atoms with Crippen LogP contribution in [0.4, 0.5) is 10.5 Å². The molecule has 0 bridgehead atoms. The minimum atomic E-state index is -0.361. The Morgan fingerprint density at radius 2 is 1.92 bits per heavy atom. The molecule has 0 aliphatic carbocycles. The van der Waals surface area contributed by atoms with Crippen molar-refractivity contribution in [2.45, 2.75) is 6.92 Å². The van der Waals surface area contributed by atoms with Crippen LogP contribution in [-0.2, 0) is 4.79 Å². The normalized spacial score (nSPS) is 16.0. The van der Waals surface area contributed by atoms with Crippen LogP contribution in [0, 0.1) is 0 Å². The molecule has 1 aliphatic rings. The van der Waals surface area contributed by atoms with Crippen LogP contribution in [0.25, 0.3) is 6.08 Å². The maximum Gasteiger partial charge on any atom is 0.298 e. The first-order valence-corrected chi connectivity index (χ1v) is 9.44. The Bertz CT molecular complexity index is 867. The first-order chi connectivity index (χ1) is 12.0. The van der Waals surface area contributed by atoms with E-state index in [2.05, 4.69) is 15.9 Å². The zero-order valence-corrected chi connectivity index (χ0v) is 16.3. The average molecular weight is 439 g/mol. The quantitative estimate of drug-likeness (QED) is 0.571. The van der Waals surface area contributed by atoms with Crippen molar-refractivity contribution in [3.63, 3.8) is 0 Å². The summed E-state index contributed by atoms with van der Waals surface area (Å²) in [4.78, 5) is 26.5. The van der Waals surface area contributed by atoms with Crippen molar-refractivity contribution in [3.05, 3.63) is 62.4 Å². The van der Waals surface area contributed by atoms with E-state index in [-0.39, 0.29) is 11.1 Å². The molecule has 1 saturated heterocycles. The van der Waals surface area contributed by atoms with Crippen LogP contribution in [-0.4, -0.2) is 17.8 Å². The molecule has 0 spiro atoms. The van der Waals surface area contributed by atoms with Gasteiger partial charge in [-0.1, -0.05) is 27.5 Å². The highest BCUT2D eigenvalue weighted by atomic mass is 79.9. The van der Waals surface area contributed by atoms with Gasteiger partial charge in [0.05, 0.1) is 17.2 Å². The molecule has 0 radical (unpaired) electrons. The molecule has 128 valence electrons. The number of halogens is 2. The Labute approximate surface area is 162 Å². The molecule has 0 atom stereocenters. The molecule has 1 aliphatic heterocycles. The molecule has 7 heteroatoms. The van der Waals surface area contributed by atoms with Crippen molar-refractivity contribution in [1.29, 1.82) is 0 Å². The van der Waals surface area contributed by atoms with Crippen LogP contribution in [0.5, 0.6) is 5.75 Å². The zero-order chi connectivity index (χ0) is 18.0. The topological polar surface area (TPSA) is 46.6 Å². The molecule has 2 amide bonds. The van der Waals surface area contributed by atoms with Crippen LogP contribution < -0.4 is 9.64 Å². The Morgan fingerprint density at radius 1 is 1.20 bits per heavy atom. The van der Waals surface area contributed by atoms with Crippen molar-refractivity contribution in [3.8, 4) is 5.75 Å². The third-order valence-electron chi connectivity index (χ3n) is 3.44. The fourth-order valence-corrected chi connectivity index (χ4v) is 3.68.